The maximum atomic E-state index is 12.8. The third kappa shape index (κ3) is 3.84. The molecule has 0 atom stereocenters. The molecule has 2 aliphatic rings. The van der Waals surface area contributed by atoms with E-state index in [4.69, 9.17) is 10.7 Å². The highest BCUT2D eigenvalue weighted by Gasteiger charge is 2.31. The minimum Gasteiger partial charge on any atom is -0.383 e. The van der Waals surface area contributed by atoms with Gasteiger partial charge >= 0.3 is 0 Å². The highest BCUT2D eigenvalue weighted by atomic mass is 32.2. The van der Waals surface area contributed by atoms with Crippen LogP contribution in [0.25, 0.3) is 32.9 Å². The Morgan fingerprint density at radius 1 is 1.00 bits per heavy atom. The van der Waals surface area contributed by atoms with Crippen molar-refractivity contribution in [2.75, 3.05) is 17.2 Å². The van der Waals surface area contributed by atoms with Gasteiger partial charge in [0.15, 0.2) is 5.65 Å². The zero-order chi connectivity index (χ0) is 24.0. The van der Waals surface area contributed by atoms with Gasteiger partial charge in [-0.05, 0) is 42.6 Å². The van der Waals surface area contributed by atoms with E-state index in [0.29, 0.717) is 17.0 Å². The summed E-state index contributed by atoms with van der Waals surface area (Å²) in [5, 5.41) is 5.71. The maximum absolute atomic E-state index is 12.8. The molecule has 2 aliphatic heterocycles. The fraction of sp³-hybridized carbons (Fsp3) is 0.192. The Labute approximate surface area is 207 Å². The van der Waals surface area contributed by atoms with E-state index in [2.05, 4.69) is 10.1 Å². The predicted octanol–water partition coefficient (Wildman–Crippen LogP) is 4.93. The number of fused-ring (bicyclic) bond motifs is 1. The molecule has 7 nitrogen and oxygen atoms in total. The standard InChI is InChI=1S/C26H23N5O2S2/c27-25-23(22-7-4-14-35(22,32)33)24(18-10-12-34-13-11-18)30-26-20(16-29-31(25)26)19-8-9-21(28-15-19)17-5-2-1-3-6-17/h1-9,14-16,18H,10-13,27H2. The fourth-order valence-corrected chi connectivity index (χ4v) is 7.01. The summed E-state index contributed by atoms with van der Waals surface area (Å²) in [5.41, 5.74) is 12.1. The van der Waals surface area contributed by atoms with E-state index in [0.717, 1.165) is 52.4 Å². The van der Waals surface area contributed by atoms with Crippen LogP contribution in [-0.2, 0) is 9.84 Å². The molecule has 0 amide bonds. The molecule has 1 aromatic carbocycles. The van der Waals surface area contributed by atoms with Crippen molar-refractivity contribution < 1.29 is 8.42 Å². The molecule has 0 bridgehead atoms. The molecule has 0 radical (unpaired) electrons. The molecule has 2 N–H and O–H groups in total. The Hall–Kier alpha value is -3.43. The lowest BCUT2D eigenvalue weighted by Crippen LogP contribution is -2.17. The molecule has 0 saturated carbocycles. The number of anilines is 1. The number of nitrogens with two attached hydrogens (primary N) is 1. The molecule has 3 aromatic heterocycles. The van der Waals surface area contributed by atoms with Gasteiger partial charge in [-0.25, -0.2) is 13.4 Å². The first kappa shape index (κ1) is 22.1. The van der Waals surface area contributed by atoms with Gasteiger partial charge in [0.05, 0.1) is 28.1 Å². The molecule has 9 heteroatoms. The maximum Gasteiger partial charge on any atom is 0.200 e. The second kappa shape index (κ2) is 8.66. The quantitative estimate of drug-likeness (QED) is 0.423. The van der Waals surface area contributed by atoms with E-state index in [1.165, 1.54) is 5.41 Å². The van der Waals surface area contributed by atoms with Crippen LogP contribution in [0.2, 0.25) is 0 Å². The smallest absolute Gasteiger partial charge is 0.200 e. The topological polar surface area (TPSA) is 103 Å². The molecule has 0 spiro atoms. The molecule has 0 unspecified atom stereocenters. The van der Waals surface area contributed by atoms with E-state index in [1.54, 1.807) is 22.9 Å². The lowest BCUT2D eigenvalue weighted by atomic mass is 9.94. The van der Waals surface area contributed by atoms with Gasteiger partial charge < -0.3 is 5.73 Å². The van der Waals surface area contributed by atoms with Gasteiger partial charge in [0, 0.05) is 34.2 Å². The zero-order valence-electron chi connectivity index (χ0n) is 18.8. The van der Waals surface area contributed by atoms with Crippen LogP contribution in [0.4, 0.5) is 5.82 Å². The predicted molar refractivity (Wildman–Crippen MR) is 141 cm³/mol. The van der Waals surface area contributed by atoms with Crippen LogP contribution in [-0.4, -0.2) is 39.5 Å². The van der Waals surface area contributed by atoms with Gasteiger partial charge in [-0.1, -0.05) is 36.4 Å². The summed E-state index contributed by atoms with van der Waals surface area (Å²) in [6.07, 6.45) is 8.54. The van der Waals surface area contributed by atoms with Crippen molar-refractivity contribution in [1.29, 1.82) is 0 Å². The Balaban J connectivity index is 1.50. The normalized spacial score (nSPS) is 17.7. The number of pyridine rings is 1. The van der Waals surface area contributed by atoms with Gasteiger partial charge in [-0.15, -0.1) is 0 Å². The number of nitrogen functional groups attached to an aromatic ring is 1. The van der Waals surface area contributed by atoms with Gasteiger partial charge in [0.25, 0.3) is 0 Å². The number of benzene rings is 1. The van der Waals surface area contributed by atoms with Crippen molar-refractivity contribution in [2.24, 2.45) is 0 Å². The summed E-state index contributed by atoms with van der Waals surface area (Å²) in [7, 11) is -3.56. The average molecular weight is 502 g/mol. The van der Waals surface area contributed by atoms with Gasteiger partial charge in [-0.2, -0.15) is 21.4 Å². The van der Waals surface area contributed by atoms with E-state index in [-0.39, 0.29) is 10.8 Å². The summed E-state index contributed by atoms with van der Waals surface area (Å²) >= 11 is 1.91. The highest BCUT2D eigenvalue weighted by Crippen LogP contribution is 2.41. The first-order valence-electron chi connectivity index (χ1n) is 11.4. The number of hydrogen-bond acceptors (Lipinski definition) is 7. The van der Waals surface area contributed by atoms with Crippen LogP contribution in [0, 0.1) is 0 Å². The van der Waals surface area contributed by atoms with Crippen LogP contribution in [0.3, 0.4) is 0 Å². The highest BCUT2D eigenvalue weighted by molar-refractivity contribution is 8.03. The summed E-state index contributed by atoms with van der Waals surface area (Å²) in [6.45, 7) is 0. The lowest BCUT2D eigenvalue weighted by molar-refractivity contribution is 0.611. The van der Waals surface area contributed by atoms with Crippen LogP contribution >= 0.6 is 11.8 Å². The number of allylic oxidation sites excluding steroid dienone is 2. The van der Waals surface area contributed by atoms with Crippen molar-refractivity contribution in [1.82, 2.24) is 19.6 Å². The van der Waals surface area contributed by atoms with Crippen molar-refractivity contribution in [3.8, 4) is 22.4 Å². The van der Waals surface area contributed by atoms with Crippen LogP contribution in [0.1, 0.15) is 30.0 Å². The Kier molecular flexibility index (Phi) is 5.46. The first-order valence-corrected chi connectivity index (χ1v) is 14.1. The Bertz CT molecular complexity index is 1580. The molecule has 176 valence electrons. The summed E-state index contributed by atoms with van der Waals surface area (Å²) < 4.78 is 27.1. The number of rotatable bonds is 4. The van der Waals surface area contributed by atoms with Crippen molar-refractivity contribution in [2.45, 2.75) is 18.8 Å². The Morgan fingerprint density at radius 2 is 1.80 bits per heavy atom. The summed E-state index contributed by atoms with van der Waals surface area (Å²) in [6, 6.07) is 14.0. The number of hydrogen-bond donors (Lipinski definition) is 1. The monoisotopic (exact) mass is 501 g/mol. The van der Waals surface area contributed by atoms with Gasteiger partial charge in [-0.3, -0.25) is 4.98 Å². The minimum absolute atomic E-state index is 0.136. The summed E-state index contributed by atoms with van der Waals surface area (Å²) in [5.74, 6) is 2.45. The van der Waals surface area contributed by atoms with Crippen molar-refractivity contribution in [3.05, 3.63) is 83.7 Å². The molecule has 35 heavy (non-hydrogen) atoms. The first-order chi connectivity index (χ1) is 17.0. The molecule has 1 fully saturated rings. The van der Waals surface area contributed by atoms with Crippen LogP contribution in [0.15, 0.2) is 72.4 Å². The average Bonchev–Trinajstić information content (AvgIpc) is 3.48. The molecular formula is C26H23N5O2S2. The van der Waals surface area contributed by atoms with Crippen molar-refractivity contribution in [3.63, 3.8) is 0 Å². The summed E-state index contributed by atoms with van der Waals surface area (Å²) in [4.78, 5) is 9.89. The number of sulfone groups is 1. The molecule has 1 saturated heterocycles. The van der Waals surface area contributed by atoms with Crippen LogP contribution < -0.4 is 5.73 Å². The Morgan fingerprint density at radius 3 is 2.49 bits per heavy atom. The van der Waals surface area contributed by atoms with Crippen molar-refractivity contribution >= 4 is 38.0 Å². The minimum atomic E-state index is -3.56. The molecule has 5 heterocycles. The number of nitrogens with zero attached hydrogens (tertiary/aromatic N) is 4. The zero-order valence-corrected chi connectivity index (χ0v) is 20.5. The molecule has 6 rings (SSSR count). The van der Waals surface area contributed by atoms with Gasteiger partial charge in [0.1, 0.15) is 5.82 Å². The second-order valence-corrected chi connectivity index (χ2v) is 11.7. The van der Waals surface area contributed by atoms with Crippen LogP contribution in [0.5, 0.6) is 0 Å². The third-order valence-corrected chi connectivity index (χ3v) is 9.04. The number of thioether (sulfide) groups is 1. The van der Waals surface area contributed by atoms with E-state index in [9.17, 15) is 8.42 Å². The van der Waals surface area contributed by atoms with Gasteiger partial charge in [0.2, 0.25) is 9.84 Å². The third-order valence-electron chi connectivity index (χ3n) is 6.52. The molecule has 0 aliphatic carbocycles. The largest absolute Gasteiger partial charge is 0.383 e. The fourth-order valence-electron chi connectivity index (χ4n) is 4.71. The molecular weight excluding hydrogens is 478 g/mol. The molecule has 4 aromatic rings. The van der Waals surface area contributed by atoms with E-state index < -0.39 is 9.84 Å². The van der Waals surface area contributed by atoms with E-state index >= 15 is 0 Å². The lowest BCUT2D eigenvalue weighted by Gasteiger charge is -2.24. The number of aromatic nitrogens is 4. The van der Waals surface area contributed by atoms with E-state index in [1.807, 2.05) is 60.4 Å². The second-order valence-electron chi connectivity index (χ2n) is 8.64. The SMILES string of the molecule is Nc1c(C2=CC=CS2(=O)=O)c(C2CCSCC2)nc2c(-c3ccc(-c4ccccc4)nc3)cnn12.